The van der Waals surface area contributed by atoms with Gasteiger partial charge in [-0.15, -0.1) is 0 Å². The smallest absolute Gasteiger partial charge is 0.200 e. The maximum absolute atomic E-state index is 6.06. The maximum Gasteiger partial charge on any atom is 0.200 e. The van der Waals surface area contributed by atoms with Gasteiger partial charge in [-0.05, 0) is 6.42 Å². The molecule has 0 heterocycles. The van der Waals surface area contributed by atoms with E-state index in [1.165, 1.54) is 0 Å². The molecule has 0 aromatic carbocycles. The van der Waals surface area contributed by atoms with Crippen LogP contribution in [0.1, 0.15) is 26.7 Å². The van der Waals surface area contributed by atoms with Crippen molar-refractivity contribution in [3.8, 4) is 0 Å². The Labute approximate surface area is 84.1 Å². The van der Waals surface area contributed by atoms with Crippen LogP contribution >= 0.6 is 23.2 Å². The second-order valence-corrected chi connectivity index (χ2v) is 4.06. The average Bonchev–Trinajstić information content (AvgIpc) is 2.08. The third kappa shape index (κ3) is 2.05. The summed E-state index contributed by atoms with van der Waals surface area (Å²) in [6, 6.07) is 0. The van der Waals surface area contributed by atoms with Gasteiger partial charge in [0.1, 0.15) is 0 Å². The van der Waals surface area contributed by atoms with Crippen molar-refractivity contribution < 1.29 is 9.47 Å². The Balaban J connectivity index is 4.69. The predicted octanol–water partition coefficient (Wildman–Crippen LogP) is 2.97. The number of halogens is 2. The summed E-state index contributed by atoms with van der Waals surface area (Å²) in [5, 5.41) is 0. The van der Waals surface area contributed by atoms with Crippen LogP contribution in [0.15, 0.2) is 0 Å². The largest absolute Gasteiger partial charge is 0.351 e. The molecule has 4 heteroatoms. The quantitative estimate of drug-likeness (QED) is 0.518. The van der Waals surface area contributed by atoms with E-state index in [4.69, 9.17) is 32.7 Å². The van der Waals surface area contributed by atoms with Crippen molar-refractivity contribution in [2.24, 2.45) is 0 Å². The minimum atomic E-state index is -0.995. The Morgan fingerprint density at radius 2 is 1.42 bits per heavy atom. The highest BCUT2D eigenvalue weighted by atomic mass is 35.5. The third-order valence-corrected chi connectivity index (χ3v) is 3.24. The molecule has 0 saturated carbocycles. The highest BCUT2D eigenvalue weighted by molar-refractivity contribution is 6.49. The van der Waals surface area contributed by atoms with Crippen LogP contribution in [0.4, 0.5) is 0 Å². The zero-order valence-electron chi connectivity index (χ0n) is 7.99. The lowest BCUT2D eigenvalue weighted by Gasteiger charge is -2.39. The van der Waals surface area contributed by atoms with E-state index in [-0.39, 0.29) is 0 Å². The summed E-state index contributed by atoms with van der Waals surface area (Å²) in [5.41, 5.74) is 0. The topological polar surface area (TPSA) is 18.5 Å². The predicted molar refractivity (Wildman–Crippen MR) is 51.8 cm³/mol. The molecule has 0 radical (unpaired) electrons. The van der Waals surface area contributed by atoms with Crippen molar-refractivity contribution in [1.82, 2.24) is 0 Å². The molecule has 0 unspecified atom stereocenters. The molecule has 0 saturated heterocycles. The fourth-order valence-corrected chi connectivity index (χ4v) is 1.77. The molecule has 0 atom stereocenters. The Hall–Kier alpha value is 0.500. The van der Waals surface area contributed by atoms with Crippen molar-refractivity contribution in [2.45, 2.75) is 36.8 Å². The average molecular weight is 215 g/mol. The van der Waals surface area contributed by atoms with Crippen molar-refractivity contribution in [1.29, 1.82) is 0 Å². The first-order chi connectivity index (χ1) is 5.49. The van der Waals surface area contributed by atoms with Gasteiger partial charge in [-0.25, -0.2) is 0 Å². The van der Waals surface area contributed by atoms with E-state index in [0.29, 0.717) is 12.8 Å². The van der Waals surface area contributed by atoms with E-state index >= 15 is 0 Å². The van der Waals surface area contributed by atoms with Crippen LogP contribution in [0.5, 0.6) is 0 Å². The Morgan fingerprint density at radius 1 is 1.00 bits per heavy atom. The third-order valence-electron chi connectivity index (χ3n) is 2.13. The minimum Gasteiger partial charge on any atom is -0.351 e. The molecule has 0 aromatic heterocycles. The molecule has 0 aliphatic carbocycles. The van der Waals surface area contributed by atoms with Crippen LogP contribution in [0.2, 0.25) is 0 Å². The molecule has 0 amide bonds. The van der Waals surface area contributed by atoms with Gasteiger partial charge in [0, 0.05) is 20.6 Å². The second-order valence-electron chi connectivity index (χ2n) is 2.57. The first-order valence-corrected chi connectivity index (χ1v) is 4.73. The summed E-state index contributed by atoms with van der Waals surface area (Å²) in [4.78, 5) is 0. The van der Waals surface area contributed by atoms with Crippen molar-refractivity contribution in [3.05, 3.63) is 0 Å². The maximum atomic E-state index is 6.06. The van der Waals surface area contributed by atoms with Gasteiger partial charge in [0.25, 0.3) is 0 Å². The summed E-state index contributed by atoms with van der Waals surface area (Å²) < 4.78 is 9.42. The summed E-state index contributed by atoms with van der Waals surface area (Å²) in [6.07, 6.45) is 1.19. The standard InChI is InChI=1S/C8H16Cl2O2/c1-5-7(9,10)8(6-2,11-3)12-4/h5-6H2,1-4H3. The molecule has 0 fully saturated rings. The number of methoxy groups -OCH3 is 2. The van der Waals surface area contributed by atoms with Gasteiger partial charge in [0.05, 0.1) is 0 Å². The molecule has 0 bridgehead atoms. The van der Waals surface area contributed by atoms with Gasteiger partial charge in [-0.2, -0.15) is 0 Å². The van der Waals surface area contributed by atoms with E-state index in [1.54, 1.807) is 14.2 Å². The Kier molecular flexibility index (Phi) is 4.85. The molecule has 0 spiro atoms. The highest BCUT2D eigenvalue weighted by Gasteiger charge is 2.48. The van der Waals surface area contributed by atoms with E-state index in [1.807, 2.05) is 13.8 Å². The molecular formula is C8H16Cl2O2. The fourth-order valence-electron chi connectivity index (χ4n) is 1.20. The normalized spacial score (nSPS) is 13.5. The summed E-state index contributed by atoms with van der Waals surface area (Å²) in [6.45, 7) is 3.81. The monoisotopic (exact) mass is 214 g/mol. The van der Waals surface area contributed by atoms with Crippen molar-refractivity contribution >= 4 is 23.2 Å². The molecule has 0 aromatic rings. The van der Waals surface area contributed by atoms with Gasteiger partial charge in [0.15, 0.2) is 4.33 Å². The van der Waals surface area contributed by atoms with Gasteiger partial charge in [-0.1, -0.05) is 37.0 Å². The van der Waals surface area contributed by atoms with E-state index in [2.05, 4.69) is 0 Å². The summed E-state index contributed by atoms with van der Waals surface area (Å²) >= 11 is 12.1. The van der Waals surface area contributed by atoms with E-state index < -0.39 is 10.1 Å². The van der Waals surface area contributed by atoms with E-state index in [9.17, 15) is 0 Å². The molecule has 0 aliphatic rings. The first kappa shape index (κ1) is 12.5. The van der Waals surface area contributed by atoms with Gasteiger partial charge in [0.2, 0.25) is 5.79 Å². The summed E-state index contributed by atoms with van der Waals surface area (Å²) in [7, 11) is 3.09. The van der Waals surface area contributed by atoms with Crippen LogP contribution in [0.25, 0.3) is 0 Å². The summed E-state index contributed by atoms with van der Waals surface area (Å²) in [5.74, 6) is -0.898. The van der Waals surface area contributed by atoms with Crippen LogP contribution in [-0.2, 0) is 9.47 Å². The number of hydrogen-bond acceptors (Lipinski definition) is 2. The van der Waals surface area contributed by atoms with Gasteiger partial charge >= 0.3 is 0 Å². The first-order valence-electron chi connectivity index (χ1n) is 3.97. The molecule has 0 aliphatic heterocycles. The number of hydrogen-bond donors (Lipinski definition) is 0. The SMILES string of the molecule is CCC(Cl)(Cl)C(CC)(OC)OC. The molecule has 74 valence electrons. The minimum absolute atomic E-state index is 0.575. The molecular weight excluding hydrogens is 199 g/mol. The fraction of sp³-hybridized carbons (Fsp3) is 1.00. The van der Waals surface area contributed by atoms with E-state index in [0.717, 1.165) is 0 Å². The molecule has 0 rings (SSSR count). The lowest BCUT2D eigenvalue weighted by Crippen LogP contribution is -2.49. The van der Waals surface area contributed by atoms with Crippen LogP contribution in [-0.4, -0.2) is 24.3 Å². The Bertz CT molecular complexity index is 125. The lowest BCUT2D eigenvalue weighted by atomic mass is 10.1. The lowest BCUT2D eigenvalue weighted by molar-refractivity contribution is -0.217. The van der Waals surface area contributed by atoms with Crippen LogP contribution in [0.3, 0.4) is 0 Å². The number of rotatable bonds is 5. The molecule has 0 N–H and O–H groups in total. The van der Waals surface area contributed by atoms with Crippen LogP contribution in [0, 0.1) is 0 Å². The second kappa shape index (κ2) is 4.66. The molecule has 12 heavy (non-hydrogen) atoms. The number of ether oxygens (including phenoxy) is 2. The zero-order valence-corrected chi connectivity index (χ0v) is 9.50. The van der Waals surface area contributed by atoms with Gasteiger partial charge < -0.3 is 9.47 Å². The van der Waals surface area contributed by atoms with Crippen molar-refractivity contribution in [3.63, 3.8) is 0 Å². The Morgan fingerprint density at radius 3 is 1.50 bits per heavy atom. The number of alkyl halides is 2. The van der Waals surface area contributed by atoms with Gasteiger partial charge in [-0.3, -0.25) is 0 Å². The molecule has 2 nitrogen and oxygen atoms in total. The highest BCUT2D eigenvalue weighted by Crippen LogP contribution is 2.41. The van der Waals surface area contributed by atoms with Crippen molar-refractivity contribution in [2.75, 3.05) is 14.2 Å². The zero-order chi connectivity index (χ0) is 9.83. The van der Waals surface area contributed by atoms with Crippen LogP contribution < -0.4 is 0 Å².